The van der Waals surface area contributed by atoms with Gasteiger partial charge in [-0.3, -0.25) is 14.5 Å². The Labute approximate surface area is 122 Å². The summed E-state index contributed by atoms with van der Waals surface area (Å²) < 4.78 is 10.3. The van der Waals surface area contributed by atoms with Crippen LogP contribution in [0.25, 0.3) is 5.57 Å². The highest BCUT2D eigenvalue weighted by Gasteiger charge is 2.40. The molecule has 112 valence electrons. The molecule has 2 rings (SSSR count). The number of carbonyl (C=O) groups excluding carboxylic acids is 2. The zero-order valence-electron chi connectivity index (χ0n) is 12.3. The summed E-state index contributed by atoms with van der Waals surface area (Å²) in [5, 5.41) is 9.99. The second-order valence-electron chi connectivity index (χ2n) is 4.87. The van der Waals surface area contributed by atoms with Crippen LogP contribution in [0, 0.1) is 0 Å². The molecule has 1 aromatic rings. The first-order valence-corrected chi connectivity index (χ1v) is 6.45. The molecule has 0 aliphatic carbocycles. The van der Waals surface area contributed by atoms with E-state index >= 15 is 0 Å². The van der Waals surface area contributed by atoms with Crippen molar-refractivity contribution < 1.29 is 24.2 Å². The Hall–Kier alpha value is -2.50. The number of ether oxygens (including phenoxy) is 2. The topological polar surface area (TPSA) is 76.1 Å². The van der Waals surface area contributed by atoms with E-state index in [1.54, 1.807) is 32.0 Å². The van der Waals surface area contributed by atoms with E-state index in [1.807, 2.05) is 0 Å². The van der Waals surface area contributed by atoms with Crippen molar-refractivity contribution in [3.63, 3.8) is 0 Å². The van der Waals surface area contributed by atoms with Gasteiger partial charge in [0, 0.05) is 6.04 Å². The zero-order chi connectivity index (χ0) is 15.7. The maximum absolute atomic E-state index is 12.3. The third-order valence-corrected chi connectivity index (χ3v) is 3.28. The SMILES string of the molecule is COc1ccc(C2=C(O)C(=O)N(C(C)C)C2=O)cc1OC. The number of hydrogen-bond donors (Lipinski definition) is 1. The molecule has 0 unspecified atom stereocenters. The third kappa shape index (κ3) is 2.33. The molecule has 21 heavy (non-hydrogen) atoms. The molecule has 1 N–H and O–H groups in total. The van der Waals surface area contributed by atoms with Gasteiger partial charge < -0.3 is 14.6 Å². The largest absolute Gasteiger partial charge is 0.502 e. The molecule has 1 aliphatic rings. The monoisotopic (exact) mass is 291 g/mol. The number of hydrogen-bond acceptors (Lipinski definition) is 5. The minimum absolute atomic E-state index is 0.0188. The first-order chi connectivity index (χ1) is 9.92. The quantitative estimate of drug-likeness (QED) is 0.855. The smallest absolute Gasteiger partial charge is 0.296 e. The molecule has 0 aromatic heterocycles. The normalized spacial score (nSPS) is 15.2. The van der Waals surface area contributed by atoms with E-state index in [-0.39, 0.29) is 11.6 Å². The fraction of sp³-hybridized carbons (Fsp3) is 0.333. The number of imide groups is 1. The van der Waals surface area contributed by atoms with Gasteiger partial charge in [0.2, 0.25) is 0 Å². The summed E-state index contributed by atoms with van der Waals surface area (Å²) in [4.78, 5) is 25.3. The molecule has 0 saturated carbocycles. The Bertz CT molecular complexity index is 633. The zero-order valence-corrected chi connectivity index (χ0v) is 12.3. The predicted molar refractivity (Wildman–Crippen MR) is 76.1 cm³/mol. The Morgan fingerprint density at radius 2 is 1.67 bits per heavy atom. The molecule has 0 bridgehead atoms. The lowest BCUT2D eigenvalue weighted by Gasteiger charge is -2.18. The van der Waals surface area contributed by atoms with E-state index < -0.39 is 17.6 Å². The van der Waals surface area contributed by atoms with E-state index in [2.05, 4.69) is 0 Å². The summed E-state index contributed by atoms with van der Waals surface area (Å²) >= 11 is 0. The van der Waals surface area contributed by atoms with Crippen molar-refractivity contribution in [1.82, 2.24) is 4.90 Å². The van der Waals surface area contributed by atoms with Crippen molar-refractivity contribution in [3.8, 4) is 11.5 Å². The van der Waals surface area contributed by atoms with Crippen molar-refractivity contribution in [2.45, 2.75) is 19.9 Å². The average molecular weight is 291 g/mol. The highest BCUT2D eigenvalue weighted by molar-refractivity contribution is 6.35. The number of aliphatic hydroxyl groups excluding tert-OH is 1. The van der Waals surface area contributed by atoms with Crippen LogP contribution >= 0.6 is 0 Å². The minimum Gasteiger partial charge on any atom is -0.502 e. The number of amides is 2. The molecule has 1 aromatic carbocycles. The number of carbonyl (C=O) groups is 2. The maximum Gasteiger partial charge on any atom is 0.296 e. The van der Waals surface area contributed by atoms with Crippen LogP contribution in [0.15, 0.2) is 24.0 Å². The van der Waals surface area contributed by atoms with Gasteiger partial charge >= 0.3 is 0 Å². The number of benzene rings is 1. The van der Waals surface area contributed by atoms with Crippen LogP contribution in [0.1, 0.15) is 19.4 Å². The summed E-state index contributed by atoms with van der Waals surface area (Å²) in [6, 6.07) is 4.44. The van der Waals surface area contributed by atoms with Crippen LogP contribution in [0.5, 0.6) is 11.5 Å². The van der Waals surface area contributed by atoms with E-state index in [4.69, 9.17) is 9.47 Å². The molecule has 1 aliphatic heterocycles. The summed E-state index contributed by atoms with van der Waals surface area (Å²) in [5.74, 6) is -0.821. The van der Waals surface area contributed by atoms with Crippen LogP contribution in [-0.2, 0) is 9.59 Å². The van der Waals surface area contributed by atoms with Crippen LogP contribution in [-0.4, -0.2) is 42.1 Å². The van der Waals surface area contributed by atoms with Crippen molar-refractivity contribution in [1.29, 1.82) is 0 Å². The lowest BCUT2D eigenvalue weighted by atomic mass is 10.0. The highest BCUT2D eigenvalue weighted by atomic mass is 16.5. The summed E-state index contributed by atoms with van der Waals surface area (Å²) in [6.45, 7) is 3.42. The molecule has 0 radical (unpaired) electrons. The molecule has 1 heterocycles. The predicted octanol–water partition coefficient (Wildman–Crippen LogP) is 1.75. The van der Waals surface area contributed by atoms with Crippen molar-refractivity contribution >= 4 is 17.4 Å². The van der Waals surface area contributed by atoms with E-state index in [9.17, 15) is 14.7 Å². The highest BCUT2D eigenvalue weighted by Crippen LogP contribution is 2.34. The molecule has 0 atom stereocenters. The van der Waals surface area contributed by atoms with Crippen molar-refractivity contribution in [2.24, 2.45) is 0 Å². The van der Waals surface area contributed by atoms with Gasteiger partial charge in [0.1, 0.15) is 0 Å². The molecular formula is C15H17NO5. The second kappa shape index (κ2) is 5.47. The van der Waals surface area contributed by atoms with Gasteiger partial charge in [0.05, 0.1) is 19.8 Å². The number of aliphatic hydroxyl groups is 1. The van der Waals surface area contributed by atoms with Crippen LogP contribution in [0.4, 0.5) is 0 Å². The fourth-order valence-corrected chi connectivity index (χ4v) is 2.26. The Kier molecular flexibility index (Phi) is 3.88. The average Bonchev–Trinajstić information content (AvgIpc) is 2.68. The van der Waals surface area contributed by atoms with Crippen molar-refractivity contribution in [2.75, 3.05) is 14.2 Å². The van der Waals surface area contributed by atoms with Crippen LogP contribution in [0.2, 0.25) is 0 Å². The summed E-state index contributed by atoms with van der Waals surface area (Å²) in [7, 11) is 2.97. The molecule has 2 amide bonds. The molecule has 0 fully saturated rings. The fourth-order valence-electron chi connectivity index (χ4n) is 2.26. The number of methoxy groups -OCH3 is 2. The van der Waals surface area contributed by atoms with Gasteiger partial charge in [-0.05, 0) is 31.5 Å². The van der Waals surface area contributed by atoms with Gasteiger partial charge in [-0.25, -0.2) is 0 Å². The van der Waals surface area contributed by atoms with Gasteiger partial charge in [-0.2, -0.15) is 0 Å². The van der Waals surface area contributed by atoms with Crippen molar-refractivity contribution in [3.05, 3.63) is 29.5 Å². The van der Waals surface area contributed by atoms with Gasteiger partial charge in [0.25, 0.3) is 11.8 Å². The Morgan fingerprint density at radius 3 is 2.14 bits per heavy atom. The first-order valence-electron chi connectivity index (χ1n) is 6.45. The second-order valence-corrected chi connectivity index (χ2v) is 4.87. The first kappa shape index (κ1) is 14.9. The lowest BCUT2D eigenvalue weighted by Crippen LogP contribution is -2.37. The molecule has 0 spiro atoms. The summed E-state index contributed by atoms with van der Waals surface area (Å²) in [6.07, 6.45) is 0. The molecule has 6 nitrogen and oxygen atoms in total. The molecule has 6 heteroatoms. The van der Waals surface area contributed by atoms with E-state index in [0.717, 1.165) is 4.90 Å². The van der Waals surface area contributed by atoms with E-state index in [1.165, 1.54) is 14.2 Å². The van der Waals surface area contributed by atoms with Gasteiger partial charge in [-0.15, -0.1) is 0 Å². The molecular weight excluding hydrogens is 274 g/mol. The van der Waals surface area contributed by atoms with Crippen LogP contribution < -0.4 is 9.47 Å². The lowest BCUT2D eigenvalue weighted by molar-refractivity contribution is -0.139. The van der Waals surface area contributed by atoms with Gasteiger partial charge in [0.15, 0.2) is 17.3 Å². The Morgan fingerprint density at radius 1 is 1.05 bits per heavy atom. The molecule has 0 saturated heterocycles. The minimum atomic E-state index is -0.681. The maximum atomic E-state index is 12.3. The summed E-state index contributed by atoms with van der Waals surface area (Å²) in [5.41, 5.74) is 0.390. The van der Waals surface area contributed by atoms with E-state index in [0.29, 0.717) is 17.1 Å². The van der Waals surface area contributed by atoms with Crippen LogP contribution in [0.3, 0.4) is 0 Å². The Balaban J connectivity index is 2.51. The number of nitrogens with zero attached hydrogens (tertiary/aromatic N) is 1. The van der Waals surface area contributed by atoms with Gasteiger partial charge in [-0.1, -0.05) is 6.07 Å². The third-order valence-electron chi connectivity index (χ3n) is 3.28. The number of rotatable bonds is 4. The standard InChI is InChI=1S/C15H17NO5/c1-8(2)16-14(18)12(13(17)15(16)19)9-5-6-10(20-3)11(7-9)21-4/h5-8,17H,1-4H3.